The Bertz CT molecular complexity index is 693. The van der Waals surface area contributed by atoms with Crippen LogP contribution >= 0.6 is 0 Å². The van der Waals surface area contributed by atoms with Crippen molar-refractivity contribution in [3.63, 3.8) is 0 Å². The molecule has 132 valence electrons. The molecular weight excluding hydrogens is 318 g/mol. The normalized spacial score (nSPS) is 15.2. The summed E-state index contributed by atoms with van der Waals surface area (Å²) in [6.45, 7) is 7.40. The first-order valence-electron chi connectivity index (χ1n) is 8.59. The number of benzene rings is 2. The van der Waals surface area contributed by atoms with E-state index in [0.717, 1.165) is 44.2 Å². The highest BCUT2D eigenvalue weighted by Gasteiger charge is 2.18. The molecule has 1 saturated heterocycles. The van der Waals surface area contributed by atoms with Gasteiger partial charge in [0, 0.05) is 50.5 Å². The van der Waals surface area contributed by atoms with Gasteiger partial charge in [0.1, 0.15) is 5.75 Å². The minimum absolute atomic E-state index is 0.137. The molecule has 1 heterocycles. The van der Waals surface area contributed by atoms with Crippen molar-refractivity contribution in [2.24, 2.45) is 0 Å². The Morgan fingerprint density at radius 3 is 2.20 bits per heavy atom. The van der Waals surface area contributed by atoms with Crippen molar-refractivity contribution < 1.29 is 9.66 Å². The molecule has 6 heteroatoms. The van der Waals surface area contributed by atoms with Crippen LogP contribution in [0.4, 0.5) is 11.4 Å². The maximum absolute atomic E-state index is 10.7. The van der Waals surface area contributed by atoms with Crippen LogP contribution in [0.5, 0.6) is 5.75 Å². The lowest BCUT2D eigenvalue weighted by Gasteiger charge is -2.36. The van der Waals surface area contributed by atoms with E-state index in [1.165, 1.54) is 5.56 Å². The number of ether oxygens (including phenoxy) is 1. The van der Waals surface area contributed by atoms with Gasteiger partial charge in [-0.3, -0.25) is 15.0 Å². The number of nitro groups is 1. The third kappa shape index (κ3) is 4.48. The summed E-state index contributed by atoms with van der Waals surface area (Å²) in [4.78, 5) is 15.1. The van der Waals surface area contributed by atoms with E-state index in [2.05, 4.69) is 21.9 Å². The number of piperazine rings is 1. The van der Waals surface area contributed by atoms with Gasteiger partial charge < -0.3 is 9.64 Å². The molecule has 0 radical (unpaired) electrons. The maximum atomic E-state index is 10.7. The van der Waals surface area contributed by atoms with Gasteiger partial charge in [-0.1, -0.05) is 12.1 Å². The van der Waals surface area contributed by atoms with E-state index in [1.54, 1.807) is 12.1 Å². The topological polar surface area (TPSA) is 58.8 Å². The lowest BCUT2D eigenvalue weighted by atomic mass is 10.2. The fraction of sp³-hybridized carbons (Fsp3) is 0.368. The molecule has 0 bridgehead atoms. The molecule has 1 aliphatic rings. The molecule has 0 aliphatic carbocycles. The van der Waals surface area contributed by atoms with Crippen molar-refractivity contribution in [2.75, 3.05) is 37.7 Å². The average molecular weight is 341 g/mol. The zero-order chi connectivity index (χ0) is 17.6. The molecule has 0 aromatic heterocycles. The van der Waals surface area contributed by atoms with E-state index < -0.39 is 0 Å². The van der Waals surface area contributed by atoms with E-state index in [1.807, 2.05) is 31.2 Å². The number of nitrogens with zero attached hydrogens (tertiary/aromatic N) is 3. The minimum Gasteiger partial charge on any atom is -0.494 e. The average Bonchev–Trinajstić information content (AvgIpc) is 2.64. The second-order valence-corrected chi connectivity index (χ2v) is 6.11. The molecule has 3 rings (SSSR count). The second kappa shape index (κ2) is 7.98. The quantitative estimate of drug-likeness (QED) is 0.596. The van der Waals surface area contributed by atoms with Gasteiger partial charge in [-0.05, 0) is 36.8 Å². The Morgan fingerprint density at radius 2 is 1.64 bits per heavy atom. The van der Waals surface area contributed by atoms with Gasteiger partial charge in [0.2, 0.25) is 0 Å². The summed E-state index contributed by atoms with van der Waals surface area (Å²) in [6.07, 6.45) is 0. The first-order chi connectivity index (χ1) is 12.2. The molecule has 0 spiro atoms. The van der Waals surface area contributed by atoms with E-state index >= 15 is 0 Å². The predicted molar refractivity (Wildman–Crippen MR) is 98.2 cm³/mol. The largest absolute Gasteiger partial charge is 0.494 e. The monoisotopic (exact) mass is 341 g/mol. The molecule has 2 aromatic rings. The number of rotatable bonds is 6. The van der Waals surface area contributed by atoms with E-state index in [0.29, 0.717) is 6.61 Å². The Labute approximate surface area is 147 Å². The molecule has 0 amide bonds. The van der Waals surface area contributed by atoms with Gasteiger partial charge in [-0.15, -0.1) is 0 Å². The third-order valence-corrected chi connectivity index (χ3v) is 4.44. The third-order valence-electron chi connectivity index (χ3n) is 4.44. The summed E-state index contributed by atoms with van der Waals surface area (Å²) in [5, 5.41) is 10.7. The number of hydrogen-bond donors (Lipinski definition) is 0. The van der Waals surface area contributed by atoms with E-state index in [-0.39, 0.29) is 10.6 Å². The molecule has 25 heavy (non-hydrogen) atoms. The van der Waals surface area contributed by atoms with Crippen molar-refractivity contribution in [1.29, 1.82) is 0 Å². The molecule has 1 fully saturated rings. The van der Waals surface area contributed by atoms with Crippen LogP contribution in [0.3, 0.4) is 0 Å². The van der Waals surface area contributed by atoms with Crippen LogP contribution in [0.2, 0.25) is 0 Å². The number of anilines is 1. The van der Waals surface area contributed by atoms with Crippen molar-refractivity contribution in [3.05, 3.63) is 64.2 Å². The molecule has 0 saturated carbocycles. The Hall–Kier alpha value is -2.60. The highest BCUT2D eigenvalue weighted by molar-refractivity contribution is 5.51. The Morgan fingerprint density at radius 1 is 1.00 bits per heavy atom. The fourth-order valence-corrected chi connectivity index (χ4v) is 3.07. The van der Waals surface area contributed by atoms with Crippen LogP contribution < -0.4 is 9.64 Å². The lowest BCUT2D eigenvalue weighted by Crippen LogP contribution is -2.45. The molecule has 1 aliphatic heterocycles. The number of non-ortho nitro benzene ring substituents is 1. The molecule has 0 unspecified atom stereocenters. The lowest BCUT2D eigenvalue weighted by molar-refractivity contribution is -0.384. The van der Waals surface area contributed by atoms with Crippen LogP contribution in [0.1, 0.15) is 12.5 Å². The molecule has 0 atom stereocenters. The Balaban J connectivity index is 1.52. The summed E-state index contributed by atoms with van der Waals surface area (Å²) in [5.74, 6) is 0.911. The number of hydrogen-bond acceptors (Lipinski definition) is 5. The second-order valence-electron chi connectivity index (χ2n) is 6.11. The van der Waals surface area contributed by atoms with Gasteiger partial charge in [0.25, 0.3) is 5.69 Å². The SMILES string of the molecule is CCOc1ccc(CN2CCN(c3ccc([N+](=O)[O-])cc3)CC2)cc1. The van der Waals surface area contributed by atoms with Crippen molar-refractivity contribution in [3.8, 4) is 5.75 Å². The molecule has 0 N–H and O–H groups in total. The summed E-state index contributed by atoms with van der Waals surface area (Å²) < 4.78 is 5.47. The van der Waals surface area contributed by atoms with Gasteiger partial charge >= 0.3 is 0 Å². The maximum Gasteiger partial charge on any atom is 0.269 e. The summed E-state index contributed by atoms with van der Waals surface area (Å²) in [7, 11) is 0. The van der Waals surface area contributed by atoms with Crippen molar-refractivity contribution >= 4 is 11.4 Å². The molecular formula is C19H23N3O3. The van der Waals surface area contributed by atoms with Gasteiger partial charge in [-0.2, -0.15) is 0 Å². The van der Waals surface area contributed by atoms with Crippen molar-refractivity contribution in [2.45, 2.75) is 13.5 Å². The predicted octanol–water partition coefficient (Wildman–Crippen LogP) is 3.32. The van der Waals surface area contributed by atoms with Crippen molar-refractivity contribution in [1.82, 2.24) is 4.90 Å². The molecule has 6 nitrogen and oxygen atoms in total. The first-order valence-corrected chi connectivity index (χ1v) is 8.59. The van der Waals surface area contributed by atoms with E-state index in [9.17, 15) is 10.1 Å². The zero-order valence-corrected chi connectivity index (χ0v) is 14.4. The number of nitro benzene ring substituents is 1. The van der Waals surface area contributed by atoms with Crippen LogP contribution in [0.15, 0.2) is 48.5 Å². The van der Waals surface area contributed by atoms with Gasteiger partial charge in [-0.25, -0.2) is 0 Å². The standard InChI is InChI=1S/C19H23N3O3/c1-2-25-19-9-3-16(4-10-19)15-20-11-13-21(14-12-20)17-5-7-18(8-6-17)22(23)24/h3-10H,2,11-15H2,1H3. The van der Waals surface area contributed by atoms with Crippen LogP contribution in [-0.4, -0.2) is 42.6 Å². The highest BCUT2D eigenvalue weighted by atomic mass is 16.6. The van der Waals surface area contributed by atoms with E-state index in [4.69, 9.17) is 4.74 Å². The smallest absolute Gasteiger partial charge is 0.269 e. The molecule has 2 aromatic carbocycles. The summed E-state index contributed by atoms with van der Waals surface area (Å²) in [6, 6.07) is 15.1. The minimum atomic E-state index is -0.363. The Kier molecular flexibility index (Phi) is 5.50. The first kappa shape index (κ1) is 17.2. The van der Waals surface area contributed by atoms with Crippen LogP contribution in [0.25, 0.3) is 0 Å². The van der Waals surface area contributed by atoms with Gasteiger partial charge in [0.05, 0.1) is 11.5 Å². The highest BCUT2D eigenvalue weighted by Crippen LogP contribution is 2.21. The van der Waals surface area contributed by atoms with Gasteiger partial charge in [0.15, 0.2) is 0 Å². The summed E-state index contributed by atoms with van der Waals surface area (Å²) >= 11 is 0. The summed E-state index contributed by atoms with van der Waals surface area (Å²) in [5.41, 5.74) is 2.47. The van der Waals surface area contributed by atoms with Crippen LogP contribution in [0, 0.1) is 10.1 Å². The fourth-order valence-electron chi connectivity index (χ4n) is 3.07. The van der Waals surface area contributed by atoms with Crippen LogP contribution in [-0.2, 0) is 6.54 Å². The zero-order valence-electron chi connectivity index (χ0n) is 14.4.